The number of carbonyl (C=O) groups excluding carboxylic acids is 1. The van der Waals surface area contributed by atoms with E-state index in [2.05, 4.69) is 26.0 Å². The van der Waals surface area contributed by atoms with Gasteiger partial charge in [0.25, 0.3) is 0 Å². The molecule has 8 nitrogen and oxygen atoms in total. The number of carbonyl (C=O) groups is 1. The number of nitrogens with two attached hydrogens (primary N) is 1. The maximum atomic E-state index is 10.9. The number of pyridine rings is 1. The first-order chi connectivity index (χ1) is 12.6. The fourth-order valence-corrected chi connectivity index (χ4v) is 2.21. The topological polar surface area (TPSA) is 131 Å². The third-order valence-electron chi connectivity index (χ3n) is 3.57. The SMILES string of the molecule is C[C@H](C#N)COc1ccc(-c2cnc3[nH]cc(C=CC(N)=O)c3n2)cn1. The predicted octanol–water partition coefficient (Wildman–Crippen LogP) is 2.06. The van der Waals surface area contributed by atoms with E-state index in [1.54, 1.807) is 37.7 Å². The van der Waals surface area contributed by atoms with E-state index in [0.717, 1.165) is 5.56 Å². The summed E-state index contributed by atoms with van der Waals surface area (Å²) in [5.74, 6) is -0.296. The van der Waals surface area contributed by atoms with Crippen LogP contribution >= 0.6 is 0 Å². The van der Waals surface area contributed by atoms with Gasteiger partial charge in [-0.1, -0.05) is 0 Å². The van der Waals surface area contributed by atoms with Gasteiger partial charge in [-0.2, -0.15) is 5.26 Å². The van der Waals surface area contributed by atoms with Crippen LogP contribution in [0.5, 0.6) is 5.88 Å². The third-order valence-corrected chi connectivity index (χ3v) is 3.57. The predicted molar refractivity (Wildman–Crippen MR) is 95.6 cm³/mol. The monoisotopic (exact) mass is 348 g/mol. The normalized spacial score (nSPS) is 12.2. The quantitative estimate of drug-likeness (QED) is 0.656. The van der Waals surface area contributed by atoms with Gasteiger partial charge in [0.15, 0.2) is 5.65 Å². The Labute approximate surface area is 149 Å². The summed E-state index contributed by atoms with van der Waals surface area (Å²) in [7, 11) is 0. The summed E-state index contributed by atoms with van der Waals surface area (Å²) in [6, 6.07) is 5.64. The number of nitriles is 1. The van der Waals surface area contributed by atoms with Crippen LogP contribution in [0, 0.1) is 17.2 Å². The summed E-state index contributed by atoms with van der Waals surface area (Å²) in [5, 5.41) is 8.77. The molecule has 1 atom stereocenters. The lowest BCUT2D eigenvalue weighted by atomic mass is 10.2. The highest BCUT2D eigenvalue weighted by molar-refractivity contribution is 5.93. The van der Waals surface area contributed by atoms with Crippen LogP contribution < -0.4 is 10.5 Å². The van der Waals surface area contributed by atoms with Crippen LogP contribution in [0.25, 0.3) is 28.5 Å². The largest absolute Gasteiger partial charge is 0.476 e. The molecule has 3 aromatic rings. The summed E-state index contributed by atoms with van der Waals surface area (Å²) < 4.78 is 5.45. The number of hydrogen-bond donors (Lipinski definition) is 2. The van der Waals surface area contributed by atoms with E-state index in [4.69, 9.17) is 15.7 Å². The van der Waals surface area contributed by atoms with E-state index >= 15 is 0 Å². The summed E-state index contributed by atoms with van der Waals surface area (Å²) in [4.78, 5) is 27.1. The molecule has 1 amide bonds. The first-order valence-electron chi connectivity index (χ1n) is 7.87. The Balaban J connectivity index is 1.85. The maximum Gasteiger partial charge on any atom is 0.241 e. The fourth-order valence-electron chi connectivity index (χ4n) is 2.21. The van der Waals surface area contributed by atoms with Gasteiger partial charge >= 0.3 is 0 Å². The first-order valence-corrected chi connectivity index (χ1v) is 7.87. The van der Waals surface area contributed by atoms with Gasteiger partial charge < -0.3 is 15.5 Å². The first kappa shape index (κ1) is 17.1. The van der Waals surface area contributed by atoms with Crippen LogP contribution in [0.4, 0.5) is 0 Å². The van der Waals surface area contributed by atoms with Crippen LogP contribution in [0.1, 0.15) is 12.5 Å². The molecule has 0 unspecified atom stereocenters. The Morgan fingerprint density at radius 3 is 2.96 bits per heavy atom. The van der Waals surface area contributed by atoms with Gasteiger partial charge in [-0.05, 0) is 19.1 Å². The van der Waals surface area contributed by atoms with Crippen LogP contribution in [0.3, 0.4) is 0 Å². The third kappa shape index (κ3) is 3.84. The smallest absolute Gasteiger partial charge is 0.241 e. The lowest BCUT2D eigenvalue weighted by Gasteiger charge is -2.07. The molecule has 3 heterocycles. The summed E-state index contributed by atoms with van der Waals surface area (Å²) in [5.41, 5.74) is 8.48. The Morgan fingerprint density at radius 1 is 1.42 bits per heavy atom. The fraction of sp³-hybridized carbons (Fsp3) is 0.167. The molecule has 0 radical (unpaired) electrons. The Hall–Kier alpha value is -3.73. The maximum absolute atomic E-state index is 10.9. The average molecular weight is 348 g/mol. The van der Waals surface area contributed by atoms with E-state index in [9.17, 15) is 4.79 Å². The van der Waals surface area contributed by atoms with E-state index in [-0.39, 0.29) is 12.5 Å². The molecular weight excluding hydrogens is 332 g/mol. The number of amides is 1. The highest BCUT2D eigenvalue weighted by Crippen LogP contribution is 2.22. The molecule has 0 saturated carbocycles. The number of rotatable bonds is 6. The van der Waals surface area contributed by atoms with Crippen LogP contribution in [0.2, 0.25) is 0 Å². The molecule has 0 fully saturated rings. The number of nitrogens with one attached hydrogen (secondary N) is 1. The van der Waals surface area contributed by atoms with Crippen LogP contribution in [-0.4, -0.2) is 32.4 Å². The number of fused-ring (bicyclic) bond motifs is 1. The van der Waals surface area contributed by atoms with E-state index in [1.807, 2.05) is 6.07 Å². The van der Waals surface area contributed by atoms with E-state index < -0.39 is 5.91 Å². The molecule has 26 heavy (non-hydrogen) atoms. The lowest BCUT2D eigenvalue weighted by molar-refractivity contribution is -0.113. The number of primary amides is 1. The van der Waals surface area contributed by atoms with Crippen molar-refractivity contribution in [3.8, 4) is 23.2 Å². The second-order valence-corrected chi connectivity index (χ2v) is 5.66. The summed E-state index contributed by atoms with van der Waals surface area (Å²) >= 11 is 0. The molecule has 3 aromatic heterocycles. The van der Waals surface area contributed by atoms with Crippen molar-refractivity contribution in [2.75, 3.05) is 6.61 Å². The van der Waals surface area contributed by atoms with Crippen molar-refractivity contribution in [2.24, 2.45) is 11.7 Å². The number of aromatic nitrogens is 4. The highest BCUT2D eigenvalue weighted by atomic mass is 16.5. The highest BCUT2D eigenvalue weighted by Gasteiger charge is 2.09. The van der Waals surface area contributed by atoms with Gasteiger partial charge in [-0.3, -0.25) is 4.79 Å². The van der Waals surface area contributed by atoms with Gasteiger partial charge in [-0.25, -0.2) is 15.0 Å². The van der Waals surface area contributed by atoms with E-state index in [1.165, 1.54) is 6.08 Å². The minimum Gasteiger partial charge on any atom is -0.476 e. The zero-order valence-corrected chi connectivity index (χ0v) is 14.0. The minimum atomic E-state index is -0.533. The zero-order chi connectivity index (χ0) is 18.5. The molecule has 0 bridgehead atoms. The van der Waals surface area contributed by atoms with Crippen molar-refractivity contribution in [3.63, 3.8) is 0 Å². The number of ether oxygens (including phenoxy) is 1. The van der Waals surface area contributed by atoms with Crippen molar-refractivity contribution in [1.82, 2.24) is 19.9 Å². The molecule has 3 N–H and O–H groups in total. The summed E-state index contributed by atoms with van der Waals surface area (Å²) in [6.45, 7) is 2.06. The minimum absolute atomic E-state index is 0.204. The molecule has 0 aromatic carbocycles. The van der Waals surface area contributed by atoms with Crippen molar-refractivity contribution < 1.29 is 9.53 Å². The van der Waals surface area contributed by atoms with Crippen LogP contribution in [0.15, 0.2) is 36.8 Å². The Morgan fingerprint density at radius 2 is 2.27 bits per heavy atom. The molecule has 8 heteroatoms. The molecule has 0 saturated heterocycles. The number of hydrogen-bond acceptors (Lipinski definition) is 6. The Bertz CT molecular complexity index is 1000. The second-order valence-electron chi connectivity index (χ2n) is 5.66. The van der Waals surface area contributed by atoms with Gasteiger partial charge in [0.2, 0.25) is 11.8 Å². The summed E-state index contributed by atoms with van der Waals surface area (Å²) in [6.07, 6.45) is 7.83. The molecule has 0 aliphatic heterocycles. The lowest BCUT2D eigenvalue weighted by Crippen LogP contribution is -2.06. The zero-order valence-electron chi connectivity index (χ0n) is 14.0. The molecule has 0 spiro atoms. The molecule has 130 valence electrons. The van der Waals surface area contributed by atoms with Crippen molar-refractivity contribution in [1.29, 1.82) is 5.26 Å². The van der Waals surface area contributed by atoms with Crippen molar-refractivity contribution in [3.05, 3.63) is 42.4 Å². The van der Waals surface area contributed by atoms with Crippen LogP contribution in [-0.2, 0) is 4.79 Å². The van der Waals surface area contributed by atoms with Gasteiger partial charge in [0, 0.05) is 35.7 Å². The average Bonchev–Trinajstić information content (AvgIpc) is 3.07. The van der Waals surface area contributed by atoms with Crippen molar-refractivity contribution in [2.45, 2.75) is 6.92 Å². The molecule has 0 aliphatic rings. The van der Waals surface area contributed by atoms with E-state index in [0.29, 0.717) is 28.3 Å². The number of H-pyrrole nitrogens is 1. The second kappa shape index (κ2) is 7.44. The van der Waals surface area contributed by atoms with Gasteiger partial charge in [0.1, 0.15) is 12.1 Å². The molecule has 0 aliphatic carbocycles. The van der Waals surface area contributed by atoms with Gasteiger partial charge in [0.05, 0.1) is 23.9 Å². The van der Waals surface area contributed by atoms with Crippen molar-refractivity contribution >= 4 is 23.1 Å². The number of aromatic amines is 1. The molecular formula is C18H16N6O2. The molecule has 3 rings (SSSR count). The Kier molecular flexibility index (Phi) is 4.90. The standard InChI is InChI=1S/C18H16N6O2/c1-11(6-19)10-26-16-5-3-12(7-21-16)14-9-23-18-17(24-14)13(8-22-18)2-4-15(20)25/h2-5,7-9,11H,10H2,1H3,(H2,20,25)(H,22,23)/t11-/m1/s1. The van der Waals surface area contributed by atoms with Gasteiger partial charge in [-0.15, -0.1) is 0 Å². The number of nitrogens with zero attached hydrogens (tertiary/aromatic N) is 4.